The molecule has 0 atom stereocenters. The van der Waals surface area contributed by atoms with Crippen LogP contribution in [0.25, 0.3) is 0 Å². The predicted molar refractivity (Wildman–Crippen MR) is 82.1 cm³/mol. The Morgan fingerprint density at radius 1 is 1.38 bits per heavy atom. The van der Waals surface area contributed by atoms with Gasteiger partial charge in [0.1, 0.15) is 12.4 Å². The van der Waals surface area contributed by atoms with Crippen molar-refractivity contribution < 1.29 is 14.3 Å². The first-order valence-electron chi connectivity index (χ1n) is 6.29. The van der Waals surface area contributed by atoms with Crippen molar-refractivity contribution in [1.82, 2.24) is 0 Å². The second-order valence-corrected chi connectivity index (χ2v) is 5.71. The molecule has 1 aromatic heterocycles. The Bertz CT molecular complexity index is 721. The van der Waals surface area contributed by atoms with Gasteiger partial charge >= 0.3 is 0 Å². The second kappa shape index (κ2) is 6.53. The number of nitrogens with one attached hydrogen (secondary N) is 1. The average Bonchev–Trinajstić information content (AvgIpc) is 2.79. The molecule has 21 heavy (non-hydrogen) atoms. The maximum absolute atomic E-state index is 13.9. The van der Waals surface area contributed by atoms with E-state index in [1.807, 2.05) is 13.8 Å². The van der Waals surface area contributed by atoms with E-state index in [1.54, 1.807) is 12.1 Å². The molecule has 2 rings (SSSR count). The zero-order chi connectivity index (χ0) is 15.4. The average molecular weight is 303 g/mol. The summed E-state index contributed by atoms with van der Waals surface area (Å²) in [4.78, 5) is 13.7. The third-order valence-electron chi connectivity index (χ3n) is 2.92. The van der Waals surface area contributed by atoms with E-state index in [0.29, 0.717) is 10.4 Å². The van der Waals surface area contributed by atoms with Gasteiger partial charge < -0.3 is 10.4 Å². The Kier molecular flexibility index (Phi) is 4.73. The number of hydrogen-bond acceptors (Lipinski definition) is 3. The maximum Gasteiger partial charge on any atom is 0.265 e. The number of carbonyl (C=O) groups is 1. The molecule has 0 aliphatic rings. The summed E-state index contributed by atoms with van der Waals surface area (Å²) in [5.74, 6) is 4.16. The quantitative estimate of drug-likeness (QED) is 0.838. The lowest BCUT2D eigenvalue weighted by molar-refractivity contribution is 0.103. The van der Waals surface area contributed by atoms with Crippen molar-refractivity contribution in [2.24, 2.45) is 0 Å². The van der Waals surface area contributed by atoms with Crippen LogP contribution in [0, 0.1) is 31.5 Å². The molecule has 0 saturated heterocycles. The summed E-state index contributed by atoms with van der Waals surface area (Å²) in [6.45, 7) is 3.58. The molecule has 108 valence electrons. The van der Waals surface area contributed by atoms with E-state index >= 15 is 0 Å². The molecule has 2 aromatic rings. The number of aliphatic hydroxyl groups is 1. The van der Waals surface area contributed by atoms with Crippen LogP contribution in [0.1, 0.15) is 25.7 Å². The lowest BCUT2D eigenvalue weighted by Gasteiger charge is -2.05. The Morgan fingerprint density at radius 3 is 2.71 bits per heavy atom. The number of hydrogen-bond donors (Lipinski definition) is 2. The first-order valence-corrected chi connectivity index (χ1v) is 7.10. The van der Waals surface area contributed by atoms with Crippen LogP contribution in [0.3, 0.4) is 0 Å². The van der Waals surface area contributed by atoms with Crippen LogP contribution in [-0.4, -0.2) is 17.6 Å². The van der Waals surface area contributed by atoms with Gasteiger partial charge in [0.05, 0.1) is 10.6 Å². The van der Waals surface area contributed by atoms with Crippen molar-refractivity contribution in [2.45, 2.75) is 13.8 Å². The summed E-state index contributed by atoms with van der Waals surface area (Å²) in [5.41, 5.74) is 1.60. The molecule has 0 spiro atoms. The summed E-state index contributed by atoms with van der Waals surface area (Å²) in [6, 6.07) is 6.06. The van der Waals surface area contributed by atoms with E-state index in [0.717, 1.165) is 10.4 Å². The van der Waals surface area contributed by atoms with Gasteiger partial charge in [0.15, 0.2) is 0 Å². The van der Waals surface area contributed by atoms with E-state index in [1.165, 1.54) is 23.5 Å². The summed E-state index contributed by atoms with van der Waals surface area (Å²) < 4.78 is 13.9. The number of carbonyl (C=O) groups excluding carboxylic acids is 1. The van der Waals surface area contributed by atoms with Crippen LogP contribution in [0.15, 0.2) is 24.3 Å². The smallest absolute Gasteiger partial charge is 0.265 e. The van der Waals surface area contributed by atoms with Crippen molar-refractivity contribution >= 4 is 22.9 Å². The van der Waals surface area contributed by atoms with Crippen LogP contribution in [0.4, 0.5) is 10.1 Å². The van der Waals surface area contributed by atoms with Crippen molar-refractivity contribution in [2.75, 3.05) is 11.9 Å². The van der Waals surface area contributed by atoms with Gasteiger partial charge in [-0.3, -0.25) is 4.79 Å². The molecule has 1 aromatic carbocycles. The molecule has 0 bridgehead atoms. The van der Waals surface area contributed by atoms with Crippen LogP contribution in [0.5, 0.6) is 0 Å². The van der Waals surface area contributed by atoms with Gasteiger partial charge in [0, 0.05) is 10.4 Å². The molecule has 1 amide bonds. The number of aliphatic hydroxyl groups excluding tert-OH is 1. The zero-order valence-corrected chi connectivity index (χ0v) is 12.5. The molecule has 5 heteroatoms. The highest BCUT2D eigenvalue weighted by atomic mass is 32.1. The summed E-state index contributed by atoms with van der Waals surface area (Å²) in [6.07, 6.45) is 0. The highest BCUT2D eigenvalue weighted by molar-refractivity contribution is 7.14. The number of thiophene rings is 1. The minimum Gasteiger partial charge on any atom is -0.384 e. The van der Waals surface area contributed by atoms with Gasteiger partial charge in [-0.1, -0.05) is 11.8 Å². The number of halogens is 1. The van der Waals surface area contributed by atoms with E-state index in [4.69, 9.17) is 5.11 Å². The lowest BCUT2D eigenvalue weighted by Crippen LogP contribution is -2.11. The first-order chi connectivity index (χ1) is 10.0. The largest absolute Gasteiger partial charge is 0.384 e. The Labute approximate surface area is 126 Å². The molecular weight excluding hydrogens is 289 g/mol. The van der Waals surface area contributed by atoms with Gasteiger partial charge in [-0.25, -0.2) is 4.39 Å². The van der Waals surface area contributed by atoms with Gasteiger partial charge in [-0.2, -0.15) is 0 Å². The Hall–Kier alpha value is -2.16. The predicted octanol–water partition coefficient (Wildman–Crippen LogP) is 3.10. The minimum atomic E-state index is -0.557. The molecule has 0 unspecified atom stereocenters. The molecule has 2 N–H and O–H groups in total. The molecule has 0 fully saturated rings. The maximum atomic E-state index is 13.9. The van der Waals surface area contributed by atoms with E-state index < -0.39 is 5.82 Å². The van der Waals surface area contributed by atoms with Crippen molar-refractivity contribution in [3.05, 3.63) is 51.0 Å². The SMILES string of the molecule is Cc1cc(C(=O)Nc2ccc(C#CCO)cc2F)sc1C. The minimum absolute atomic E-state index is 0.109. The number of benzene rings is 1. The summed E-state index contributed by atoms with van der Waals surface area (Å²) in [7, 11) is 0. The van der Waals surface area contributed by atoms with Gasteiger partial charge in [0.25, 0.3) is 5.91 Å². The molecule has 0 saturated carbocycles. The first kappa shape index (κ1) is 15.2. The van der Waals surface area contributed by atoms with Crippen LogP contribution < -0.4 is 5.32 Å². The van der Waals surface area contributed by atoms with Crippen LogP contribution in [0.2, 0.25) is 0 Å². The van der Waals surface area contributed by atoms with Gasteiger partial charge in [-0.15, -0.1) is 11.3 Å². The highest BCUT2D eigenvalue weighted by Gasteiger charge is 2.12. The normalized spacial score (nSPS) is 9.90. The van der Waals surface area contributed by atoms with E-state index in [-0.39, 0.29) is 18.2 Å². The Morgan fingerprint density at radius 2 is 2.14 bits per heavy atom. The van der Waals surface area contributed by atoms with Gasteiger partial charge in [-0.05, 0) is 43.7 Å². The second-order valence-electron chi connectivity index (χ2n) is 4.46. The number of aryl methyl sites for hydroxylation is 2. The van der Waals surface area contributed by atoms with Crippen molar-refractivity contribution in [1.29, 1.82) is 0 Å². The molecule has 0 aliphatic heterocycles. The number of amides is 1. The fourth-order valence-electron chi connectivity index (χ4n) is 1.70. The van der Waals surface area contributed by atoms with Gasteiger partial charge in [0.2, 0.25) is 0 Å². The fraction of sp³-hybridized carbons (Fsp3) is 0.188. The molecule has 3 nitrogen and oxygen atoms in total. The molecular formula is C16H14FNO2S. The lowest BCUT2D eigenvalue weighted by atomic mass is 10.2. The van der Waals surface area contributed by atoms with Crippen molar-refractivity contribution in [3.63, 3.8) is 0 Å². The third-order valence-corrected chi connectivity index (χ3v) is 4.07. The fourth-order valence-corrected chi connectivity index (χ4v) is 2.63. The zero-order valence-electron chi connectivity index (χ0n) is 11.7. The molecule has 1 heterocycles. The highest BCUT2D eigenvalue weighted by Crippen LogP contribution is 2.23. The number of anilines is 1. The standard InChI is InChI=1S/C16H14FNO2S/c1-10-8-15(21-11(10)2)16(20)18-14-6-5-12(4-3-7-19)9-13(14)17/h5-6,8-9,19H,7H2,1-2H3,(H,18,20). The third kappa shape index (κ3) is 3.69. The van der Waals surface area contributed by atoms with Crippen LogP contribution in [-0.2, 0) is 0 Å². The van der Waals surface area contributed by atoms with Crippen LogP contribution >= 0.6 is 11.3 Å². The topological polar surface area (TPSA) is 49.3 Å². The summed E-state index contributed by atoms with van der Waals surface area (Å²) >= 11 is 1.38. The Balaban J connectivity index is 2.18. The van der Waals surface area contributed by atoms with E-state index in [9.17, 15) is 9.18 Å². The molecule has 0 radical (unpaired) electrons. The monoisotopic (exact) mass is 303 g/mol. The molecule has 0 aliphatic carbocycles. The number of rotatable bonds is 2. The van der Waals surface area contributed by atoms with E-state index in [2.05, 4.69) is 17.2 Å². The summed E-state index contributed by atoms with van der Waals surface area (Å²) in [5, 5.41) is 11.1. The van der Waals surface area contributed by atoms with Crippen molar-refractivity contribution in [3.8, 4) is 11.8 Å².